The Bertz CT molecular complexity index is 352. The van der Waals surface area contributed by atoms with Gasteiger partial charge in [0.25, 0.3) is 0 Å². The quantitative estimate of drug-likeness (QED) is 0.864. The van der Waals surface area contributed by atoms with E-state index in [1.165, 1.54) is 0 Å². The highest BCUT2D eigenvalue weighted by molar-refractivity contribution is 7.99. The monoisotopic (exact) mass is 320 g/mol. The summed E-state index contributed by atoms with van der Waals surface area (Å²) in [6, 6.07) is -0.145. The minimum absolute atomic E-state index is 0.0183. The number of rotatable bonds is 4. The molecule has 1 saturated heterocycles. The van der Waals surface area contributed by atoms with Gasteiger partial charge < -0.3 is 5.32 Å². The van der Waals surface area contributed by atoms with Gasteiger partial charge in [-0.25, -0.2) is 8.78 Å². The van der Waals surface area contributed by atoms with Crippen molar-refractivity contribution in [1.29, 1.82) is 0 Å². The van der Waals surface area contributed by atoms with Gasteiger partial charge in [-0.1, -0.05) is 0 Å². The summed E-state index contributed by atoms with van der Waals surface area (Å²) >= 11 is 1.92. The zero-order chi connectivity index (χ0) is 15.5. The molecule has 1 aliphatic heterocycles. The van der Waals surface area contributed by atoms with Gasteiger partial charge in [-0.2, -0.15) is 11.8 Å². The number of halogens is 2. The van der Waals surface area contributed by atoms with E-state index in [1.807, 2.05) is 25.6 Å². The summed E-state index contributed by atoms with van der Waals surface area (Å²) in [7, 11) is 0. The molecule has 1 N–H and O–H groups in total. The average molecular weight is 320 g/mol. The molecule has 3 nitrogen and oxygen atoms in total. The maximum absolute atomic E-state index is 13.2. The lowest BCUT2D eigenvalue weighted by Gasteiger charge is -2.35. The Labute approximate surface area is 130 Å². The number of thioether (sulfide) groups is 1. The van der Waals surface area contributed by atoms with Crippen LogP contribution >= 0.6 is 11.8 Å². The molecule has 0 aromatic heterocycles. The molecule has 2 atom stereocenters. The summed E-state index contributed by atoms with van der Waals surface area (Å²) in [5, 5.41) is 3.04. The number of nitrogens with zero attached hydrogens (tertiary/aromatic N) is 1. The molecule has 1 aliphatic carbocycles. The van der Waals surface area contributed by atoms with Gasteiger partial charge in [-0.3, -0.25) is 9.69 Å². The van der Waals surface area contributed by atoms with Crippen LogP contribution in [0.1, 0.15) is 39.5 Å². The van der Waals surface area contributed by atoms with Gasteiger partial charge in [0.15, 0.2) is 0 Å². The minimum Gasteiger partial charge on any atom is -0.352 e. The van der Waals surface area contributed by atoms with Crippen molar-refractivity contribution in [3.05, 3.63) is 0 Å². The molecule has 1 heterocycles. The van der Waals surface area contributed by atoms with E-state index >= 15 is 0 Å². The molecule has 0 aromatic rings. The smallest absolute Gasteiger partial charge is 0.248 e. The number of carbonyl (C=O) groups is 1. The number of carbonyl (C=O) groups excluding carboxylic acids is 1. The lowest BCUT2D eigenvalue weighted by atomic mass is 9.82. The van der Waals surface area contributed by atoms with Crippen LogP contribution in [-0.2, 0) is 4.79 Å². The number of hydrogen-bond donors (Lipinski definition) is 1. The van der Waals surface area contributed by atoms with Crippen molar-refractivity contribution in [2.75, 3.05) is 24.6 Å². The third kappa shape index (κ3) is 4.81. The van der Waals surface area contributed by atoms with E-state index in [-0.39, 0.29) is 36.8 Å². The molecular formula is C15H26F2N2OS. The van der Waals surface area contributed by atoms with E-state index < -0.39 is 5.92 Å². The van der Waals surface area contributed by atoms with Crippen LogP contribution in [0.15, 0.2) is 0 Å². The van der Waals surface area contributed by atoms with E-state index in [9.17, 15) is 13.6 Å². The Balaban J connectivity index is 1.78. The molecule has 2 unspecified atom stereocenters. The maximum Gasteiger partial charge on any atom is 0.248 e. The van der Waals surface area contributed by atoms with Crippen molar-refractivity contribution < 1.29 is 13.6 Å². The van der Waals surface area contributed by atoms with Crippen molar-refractivity contribution in [3.63, 3.8) is 0 Å². The SMILES string of the molecule is CC(NC(=O)C(C)N1CCSCC1)C1CCC(F)(F)CC1. The highest BCUT2D eigenvalue weighted by Gasteiger charge is 2.37. The Kier molecular flexibility index (Phi) is 5.88. The molecule has 0 spiro atoms. The lowest BCUT2D eigenvalue weighted by molar-refractivity contribution is -0.127. The van der Waals surface area contributed by atoms with Crippen molar-refractivity contribution in [2.45, 2.75) is 57.5 Å². The predicted molar refractivity (Wildman–Crippen MR) is 82.9 cm³/mol. The van der Waals surface area contributed by atoms with Crippen molar-refractivity contribution >= 4 is 17.7 Å². The molecule has 6 heteroatoms. The van der Waals surface area contributed by atoms with Crippen molar-refractivity contribution in [1.82, 2.24) is 10.2 Å². The highest BCUT2D eigenvalue weighted by atomic mass is 32.2. The third-order valence-corrected chi connectivity index (χ3v) is 5.75. The minimum atomic E-state index is -2.50. The zero-order valence-electron chi connectivity index (χ0n) is 12.9. The fourth-order valence-electron chi connectivity index (χ4n) is 3.16. The van der Waals surface area contributed by atoms with Gasteiger partial charge >= 0.3 is 0 Å². The summed E-state index contributed by atoms with van der Waals surface area (Å²) in [6.07, 6.45) is 0.917. The van der Waals surface area contributed by atoms with Crippen molar-refractivity contribution in [3.8, 4) is 0 Å². The number of amides is 1. The first-order valence-corrected chi connectivity index (χ1v) is 9.04. The standard InChI is InChI=1S/C15H26F2N2OS/c1-11(13-3-5-15(16,17)6-4-13)18-14(20)12(2)19-7-9-21-10-8-19/h11-13H,3-10H2,1-2H3,(H,18,20). The van der Waals surface area contributed by atoms with Crippen LogP contribution in [0.25, 0.3) is 0 Å². The molecule has 0 aromatic carbocycles. The molecule has 1 amide bonds. The fraction of sp³-hybridized carbons (Fsp3) is 0.933. The van der Waals surface area contributed by atoms with Crippen molar-refractivity contribution in [2.24, 2.45) is 5.92 Å². The summed E-state index contributed by atoms with van der Waals surface area (Å²) < 4.78 is 26.4. The Hall–Kier alpha value is -0.360. The van der Waals surface area contributed by atoms with E-state index in [0.717, 1.165) is 24.6 Å². The predicted octanol–water partition coefficient (Wildman–Crippen LogP) is 2.75. The van der Waals surface area contributed by atoms with Gasteiger partial charge in [0.2, 0.25) is 11.8 Å². The Morgan fingerprint density at radius 1 is 1.24 bits per heavy atom. The highest BCUT2D eigenvalue weighted by Crippen LogP contribution is 2.37. The molecular weight excluding hydrogens is 294 g/mol. The van der Waals surface area contributed by atoms with E-state index in [0.29, 0.717) is 12.8 Å². The van der Waals surface area contributed by atoms with Crippen LogP contribution in [0.5, 0.6) is 0 Å². The first kappa shape index (κ1) is 17.0. The van der Waals surface area contributed by atoms with Crippen LogP contribution in [0.3, 0.4) is 0 Å². The summed E-state index contributed by atoms with van der Waals surface area (Å²) in [5.41, 5.74) is 0. The largest absolute Gasteiger partial charge is 0.352 e. The topological polar surface area (TPSA) is 32.3 Å². The maximum atomic E-state index is 13.2. The first-order chi connectivity index (χ1) is 9.89. The first-order valence-electron chi connectivity index (χ1n) is 7.89. The van der Waals surface area contributed by atoms with E-state index in [4.69, 9.17) is 0 Å². The fourth-order valence-corrected chi connectivity index (χ4v) is 4.09. The van der Waals surface area contributed by atoms with Crippen LogP contribution in [-0.4, -0.2) is 53.4 Å². The lowest BCUT2D eigenvalue weighted by Crippen LogP contribution is -2.51. The molecule has 0 radical (unpaired) electrons. The summed E-state index contributed by atoms with van der Waals surface area (Å²) in [4.78, 5) is 14.5. The number of nitrogens with one attached hydrogen (secondary N) is 1. The number of alkyl halides is 2. The van der Waals surface area contributed by atoms with Gasteiger partial charge in [0.1, 0.15) is 0 Å². The third-order valence-electron chi connectivity index (χ3n) is 4.81. The second kappa shape index (κ2) is 7.27. The molecule has 0 bridgehead atoms. The van der Waals surface area contributed by atoms with Gasteiger partial charge in [-0.15, -0.1) is 0 Å². The van der Waals surface area contributed by atoms with Gasteiger partial charge in [0.05, 0.1) is 6.04 Å². The Morgan fingerprint density at radius 2 is 1.81 bits per heavy atom. The molecule has 1 saturated carbocycles. The van der Waals surface area contributed by atoms with Gasteiger partial charge in [-0.05, 0) is 32.6 Å². The van der Waals surface area contributed by atoms with Crippen LogP contribution < -0.4 is 5.32 Å². The number of hydrogen-bond acceptors (Lipinski definition) is 3. The average Bonchev–Trinajstić information content (AvgIpc) is 2.47. The molecule has 122 valence electrons. The second-order valence-corrected chi connectivity index (χ2v) is 7.54. The van der Waals surface area contributed by atoms with E-state index in [1.54, 1.807) is 0 Å². The van der Waals surface area contributed by atoms with Crippen LogP contribution in [0, 0.1) is 5.92 Å². The molecule has 21 heavy (non-hydrogen) atoms. The normalized spacial score (nSPS) is 27.0. The molecule has 2 aliphatic rings. The zero-order valence-corrected chi connectivity index (χ0v) is 13.7. The van der Waals surface area contributed by atoms with Crippen LogP contribution in [0.2, 0.25) is 0 Å². The van der Waals surface area contributed by atoms with Gasteiger partial charge in [0, 0.05) is 43.5 Å². The summed E-state index contributed by atoms with van der Waals surface area (Å²) in [6.45, 7) is 5.78. The summed E-state index contributed by atoms with van der Waals surface area (Å²) in [5.74, 6) is -0.140. The Morgan fingerprint density at radius 3 is 2.38 bits per heavy atom. The molecule has 2 rings (SSSR count). The molecule has 2 fully saturated rings. The van der Waals surface area contributed by atoms with Crippen LogP contribution in [0.4, 0.5) is 8.78 Å². The van der Waals surface area contributed by atoms with E-state index in [2.05, 4.69) is 10.2 Å². The second-order valence-electron chi connectivity index (χ2n) is 6.31.